The second-order valence-corrected chi connectivity index (χ2v) is 16.9. The Morgan fingerprint density at radius 1 is 1.03 bits per heavy atom. The molecule has 332 valence electrons. The van der Waals surface area contributed by atoms with E-state index in [4.69, 9.17) is 9.47 Å². The Morgan fingerprint density at radius 3 is 2.53 bits per heavy atom. The normalized spacial score (nSPS) is 23.0. The smallest absolute Gasteiger partial charge is 0.406 e. The number of likely N-dealkylation sites (tertiary alicyclic amines) is 1. The number of nitrogens with zero attached hydrogens (tertiary/aromatic N) is 3. The fourth-order valence-corrected chi connectivity index (χ4v) is 8.65. The summed E-state index contributed by atoms with van der Waals surface area (Å²) in [5.41, 5.74) is 3.69. The van der Waals surface area contributed by atoms with E-state index in [1.54, 1.807) is 42.5 Å². The molecule has 2 fully saturated rings. The van der Waals surface area contributed by atoms with Gasteiger partial charge in [-0.3, -0.25) is 9.59 Å². The van der Waals surface area contributed by atoms with Crippen molar-refractivity contribution in [1.29, 1.82) is 0 Å². The number of aliphatic hydroxyl groups excluding tert-OH is 1. The molecular weight excluding hydrogens is 807 g/mol. The van der Waals surface area contributed by atoms with Crippen LogP contribution in [0, 0.1) is 17.8 Å². The molecule has 62 heavy (non-hydrogen) atoms. The number of piperidine rings is 1. The summed E-state index contributed by atoms with van der Waals surface area (Å²) >= 11 is 0. The minimum absolute atomic E-state index is 0.00772. The Labute approximate surface area is 359 Å². The van der Waals surface area contributed by atoms with Crippen molar-refractivity contribution >= 4 is 39.8 Å². The molecule has 12 nitrogen and oxygen atoms in total. The van der Waals surface area contributed by atoms with Gasteiger partial charge in [-0.25, -0.2) is 4.39 Å². The zero-order valence-electron chi connectivity index (χ0n) is 35.6. The molecule has 0 bridgehead atoms. The standard InChI is InChI=1S/C46H55F4N7O5/c1-27(2)43-45(60)52-30(25-58)20-28-11-13-32(23-40(28)56(43)4)62-42-16-14-37(42)54-44(59)29-12-15-41(61-5)38(21-29)51-18-7-8-31-22-33-35(53-36-17-19-55(3)24-34(36)47)9-6-10-39(33)57(31)26-46(48,49)50/h6,9-13,15,21-23,27,30,34,36-37,42-43,51,53,58H,14,16-20,24-26H2,1-5H3,(H,52,60)(H,54,59)/t30-,34-,36+,37?,42+,43-/m0/s1. The molecule has 1 saturated carbocycles. The number of rotatable bonds is 12. The third-order valence-corrected chi connectivity index (χ3v) is 12.0. The van der Waals surface area contributed by atoms with E-state index in [1.807, 2.05) is 55.9 Å². The summed E-state index contributed by atoms with van der Waals surface area (Å²) in [5.74, 6) is 6.43. The first-order chi connectivity index (χ1) is 29.6. The van der Waals surface area contributed by atoms with Crippen LogP contribution in [0.1, 0.15) is 54.7 Å². The minimum atomic E-state index is -4.51. The predicted octanol–water partition coefficient (Wildman–Crippen LogP) is 5.96. The molecule has 3 aliphatic rings. The number of nitrogens with one attached hydrogen (secondary N) is 4. The van der Waals surface area contributed by atoms with Gasteiger partial charge in [0.25, 0.3) is 5.91 Å². The van der Waals surface area contributed by atoms with Gasteiger partial charge in [0.1, 0.15) is 36.4 Å². The SMILES string of the molecule is COc1ccc(C(=O)NC2CC[C@H]2Oc2ccc3c(c2)N(C)[C@@H](C(C)C)C(=O)N[C@H](CO)C3)cc1NCC#Cc1cc2c(N[C@@H]3CCN(C)C[C@@H]3F)cccc2n1CC(F)(F)F. The van der Waals surface area contributed by atoms with Gasteiger partial charge in [0.05, 0.1) is 55.3 Å². The number of aliphatic hydroxyl groups is 1. The molecule has 3 heterocycles. The molecule has 2 amide bonds. The third-order valence-electron chi connectivity index (χ3n) is 12.0. The number of methoxy groups -OCH3 is 1. The van der Waals surface area contributed by atoms with E-state index in [0.717, 1.165) is 22.2 Å². The third kappa shape index (κ3) is 10.0. The van der Waals surface area contributed by atoms with Gasteiger partial charge in [-0.2, -0.15) is 13.2 Å². The number of carbonyl (C=O) groups excluding carboxylic acids is 2. The van der Waals surface area contributed by atoms with E-state index in [0.29, 0.717) is 65.1 Å². The first-order valence-corrected chi connectivity index (χ1v) is 21.1. The van der Waals surface area contributed by atoms with Gasteiger partial charge in [0.2, 0.25) is 5.91 Å². The lowest BCUT2D eigenvalue weighted by Gasteiger charge is -2.39. The topological polar surface area (TPSA) is 132 Å². The monoisotopic (exact) mass is 861 g/mol. The van der Waals surface area contributed by atoms with Crippen LogP contribution >= 0.6 is 0 Å². The molecule has 0 spiro atoms. The summed E-state index contributed by atoms with van der Waals surface area (Å²) in [6.07, 6.45) is -3.46. The van der Waals surface area contributed by atoms with Gasteiger partial charge in [-0.05, 0) is 92.6 Å². The molecule has 7 rings (SSSR count). The van der Waals surface area contributed by atoms with E-state index in [2.05, 4.69) is 33.1 Å². The van der Waals surface area contributed by atoms with Crippen LogP contribution in [0.5, 0.6) is 11.5 Å². The molecule has 0 radical (unpaired) electrons. The first-order valence-electron chi connectivity index (χ1n) is 21.1. The number of carbonyl (C=O) groups is 2. The number of fused-ring (bicyclic) bond motifs is 2. The average Bonchev–Trinajstić information content (AvgIpc) is 3.56. The molecule has 6 atom stereocenters. The van der Waals surface area contributed by atoms with Crippen molar-refractivity contribution in [3.05, 3.63) is 77.5 Å². The van der Waals surface area contributed by atoms with E-state index in [1.165, 1.54) is 7.11 Å². The van der Waals surface area contributed by atoms with Crippen molar-refractivity contribution in [2.45, 2.75) is 88.7 Å². The highest BCUT2D eigenvalue weighted by Crippen LogP contribution is 2.35. The first kappa shape index (κ1) is 44.4. The van der Waals surface area contributed by atoms with Crippen molar-refractivity contribution in [3.8, 4) is 23.3 Å². The van der Waals surface area contributed by atoms with E-state index in [-0.39, 0.29) is 55.3 Å². The van der Waals surface area contributed by atoms with Crippen molar-refractivity contribution in [2.24, 2.45) is 5.92 Å². The number of ether oxygens (including phenoxy) is 2. The van der Waals surface area contributed by atoms with Gasteiger partial charge in [-0.15, -0.1) is 0 Å². The van der Waals surface area contributed by atoms with Crippen LogP contribution in [0.4, 0.5) is 34.6 Å². The van der Waals surface area contributed by atoms with Crippen molar-refractivity contribution < 1.29 is 41.7 Å². The number of halogens is 4. The molecule has 1 saturated heterocycles. The number of alkyl halides is 4. The van der Waals surface area contributed by atoms with E-state index < -0.39 is 37.0 Å². The van der Waals surface area contributed by atoms with Gasteiger partial charge >= 0.3 is 6.18 Å². The second-order valence-electron chi connectivity index (χ2n) is 16.9. The Balaban J connectivity index is 1.02. The number of hydrogen-bond acceptors (Lipinski definition) is 9. The number of likely N-dealkylation sites (N-methyl/N-ethyl adjacent to an activating group) is 1. The van der Waals surface area contributed by atoms with Gasteiger partial charge < -0.3 is 50.2 Å². The summed E-state index contributed by atoms with van der Waals surface area (Å²) in [6, 6.07) is 15.7. The maximum Gasteiger partial charge on any atom is 0.406 e. The number of hydrogen-bond donors (Lipinski definition) is 5. The fraction of sp³-hybridized carbons (Fsp3) is 0.478. The maximum atomic E-state index is 14.9. The number of amides is 2. The number of anilines is 3. The van der Waals surface area contributed by atoms with Crippen LogP contribution in [0.3, 0.4) is 0 Å². The molecule has 16 heteroatoms. The largest absolute Gasteiger partial charge is 0.495 e. The zero-order chi connectivity index (χ0) is 44.3. The predicted molar refractivity (Wildman–Crippen MR) is 232 cm³/mol. The van der Waals surface area contributed by atoms with Crippen LogP contribution in [0.2, 0.25) is 0 Å². The fourth-order valence-electron chi connectivity index (χ4n) is 8.65. The molecule has 1 unspecified atom stereocenters. The quantitative estimate of drug-likeness (QED) is 0.0865. The molecular formula is C46H55F4N7O5. The highest BCUT2D eigenvalue weighted by Gasteiger charge is 2.36. The number of aromatic nitrogens is 1. The Kier molecular flexibility index (Phi) is 13.4. The second kappa shape index (κ2) is 18.8. The van der Waals surface area contributed by atoms with E-state index >= 15 is 0 Å². The lowest BCUT2D eigenvalue weighted by atomic mass is 9.88. The highest BCUT2D eigenvalue weighted by atomic mass is 19.4. The summed E-state index contributed by atoms with van der Waals surface area (Å²) in [4.78, 5) is 30.6. The minimum Gasteiger partial charge on any atom is -0.495 e. The van der Waals surface area contributed by atoms with Gasteiger partial charge in [0.15, 0.2) is 0 Å². The van der Waals surface area contributed by atoms with Crippen LogP contribution in [-0.2, 0) is 17.8 Å². The van der Waals surface area contributed by atoms with E-state index in [9.17, 15) is 32.3 Å². The summed E-state index contributed by atoms with van der Waals surface area (Å²) < 4.78 is 69.5. The van der Waals surface area contributed by atoms with Gasteiger partial charge in [0, 0.05) is 48.5 Å². The Hall–Kier alpha value is -5.66. The lowest BCUT2D eigenvalue weighted by Crippen LogP contribution is -2.54. The highest BCUT2D eigenvalue weighted by molar-refractivity contribution is 5.96. The van der Waals surface area contributed by atoms with Crippen molar-refractivity contribution in [3.63, 3.8) is 0 Å². The zero-order valence-corrected chi connectivity index (χ0v) is 35.6. The molecule has 2 aliphatic heterocycles. The summed E-state index contributed by atoms with van der Waals surface area (Å²) in [7, 11) is 5.23. The maximum absolute atomic E-state index is 14.9. The summed E-state index contributed by atoms with van der Waals surface area (Å²) in [6.45, 7) is 3.54. The average molecular weight is 862 g/mol. The lowest BCUT2D eigenvalue weighted by molar-refractivity contribution is -0.140. The molecule has 5 N–H and O–H groups in total. The Morgan fingerprint density at radius 2 is 1.84 bits per heavy atom. The van der Waals surface area contributed by atoms with Crippen molar-refractivity contribution in [2.75, 3.05) is 63.0 Å². The molecule has 4 aromatic rings. The van der Waals surface area contributed by atoms with Crippen LogP contribution < -0.4 is 35.6 Å². The Bertz CT molecular complexity index is 2320. The van der Waals surface area contributed by atoms with Gasteiger partial charge in [-0.1, -0.05) is 31.9 Å². The van der Waals surface area contributed by atoms with Crippen LogP contribution in [0.15, 0.2) is 60.7 Å². The molecule has 3 aromatic carbocycles. The summed E-state index contributed by atoms with van der Waals surface area (Å²) in [5, 5.41) is 22.9. The number of benzene rings is 3. The van der Waals surface area contributed by atoms with Crippen LogP contribution in [0.25, 0.3) is 10.9 Å². The molecule has 1 aliphatic carbocycles. The van der Waals surface area contributed by atoms with Crippen molar-refractivity contribution in [1.82, 2.24) is 20.1 Å². The molecule has 1 aromatic heterocycles. The van der Waals surface area contributed by atoms with Crippen LogP contribution in [-0.4, -0.2) is 116 Å².